The molecule has 4 rings (SSSR count). The van der Waals surface area contributed by atoms with Crippen molar-refractivity contribution in [1.82, 2.24) is 4.72 Å². The van der Waals surface area contributed by atoms with Gasteiger partial charge in [-0.05, 0) is 47.9 Å². The lowest BCUT2D eigenvalue weighted by atomic mass is 9.98. The summed E-state index contributed by atoms with van der Waals surface area (Å²) >= 11 is 7.42. The smallest absolute Gasteiger partial charge is 0.495 e. The van der Waals surface area contributed by atoms with Gasteiger partial charge in [0.05, 0.1) is 12.1 Å². The second-order valence-electron chi connectivity index (χ2n) is 7.41. The Balaban J connectivity index is 0.000000668. The van der Waals surface area contributed by atoms with Gasteiger partial charge in [0, 0.05) is 16.3 Å². The normalized spacial score (nSPS) is 19.5. The highest BCUT2D eigenvalue weighted by molar-refractivity contribution is 7.91. The molecule has 1 fully saturated rings. The summed E-state index contributed by atoms with van der Waals surface area (Å²) in [5, 5.41) is 14.4. The van der Waals surface area contributed by atoms with E-state index in [1.54, 1.807) is 31.4 Å². The number of carbonyl (C=O) groups is 1. The van der Waals surface area contributed by atoms with Crippen molar-refractivity contribution in [2.24, 2.45) is 0 Å². The molecule has 0 spiro atoms. The van der Waals surface area contributed by atoms with Crippen LogP contribution in [0.4, 0.5) is 4.79 Å². The SMILES string of the molecule is COc1ccc(-c2ccc(S(=O)(=O)N[C@H]3C[C@]3(C)c3ccccc3)s2)cc1Cl.O=C(O)O. The van der Waals surface area contributed by atoms with Gasteiger partial charge in [-0.2, -0.15) is 0 Å². The fraction of sp³-hybridized carbons (Fsp3) is 0.227. The van der Waals surface area contributed by atoms with E-state index in [0.717, 1.165) is 22.4 Å². The quantitative estimate of drug-likeness (QED) is 0.427. The maximum atomic E-state index is 12.9. The molecule has 0 aliphatic heterocycles. The maximum Gasteiger partial charge on any atom is 0.503 e. The summed E-state index contributed by atoms with van der Waals surface area (Å²) in [4.78, 5) is 9.39. The molecule has 0 unspecified atom stereocenters. The summed E-state index contributed by atoms with van der Waals surface area (Å²) in [6.07, 6.45) is -1.04. The zero-order valence-electron chi connectivity index (χ0n) is 17.3. The fourth-order valence-electron chi connectivity index (χ4n) is 3.36. The number of methoxy groups -OCH3 is 1. The molecule has 1 saturated carbocycles. The number of sulfonamides is 1. The molecular weight excluding hydrogens is 474 g/mol. The van der Waals surface area contributed by atoms with Gasteiger partial charge >= 0.3 is 6.16 Å². The lowest BCUT2D eigenvalue weighted by molar-refractivity contribution is 0.137. The minimum absolute atomic E-state index is 0.0964. The van der Waals surface area contributed by atoms with Gasteiger partial charge in [-0.15, -0.1) is 11.3 Å². The molecule has 170 valence electrons. The molecule has 2 atom stereocenters. The number of nitrogens with one attached hydrogen (secondary N) is 1. The molecule has 32 heavy (non-hydrogen) atoms. The lowest BCUT2D eigenvalue weighted by Crippen LogP contribution is -2.29. The molecule has 7 nitrogen and oxygen atoms in total. The predicted molar refractivity (Wildman–Crippen MR) is 124 cm³/mol. The number of benzene rings is 2. The fourth-order valence-corrected chi connectivity index (χ4v) is 6.28. The van der Waals surface area contributed by atoms with E-state index in [0.29, 0.717) is 15.0 Å². The van der Waals surface area contributed by atoms with Crippen molar-refractivity contribution in [3.63, 3.8) is 0 Å². The molecule has 0 amide bonds. The van der Waals surface area contributed by atoms with Crippen LogP contribution in [0, 0.1) is 0 Å². The van der Waals surface area contributed by atoms with Crippen LogP contribution >= 0.6 is 22.9 Å². The van der Waals surface area contributed by atoms with Gasteiger partial charge in [0.25, 0.3) is 0 Å². The van der Waals surface area contributed by atoms with Crippen LogP contribution in [0.25, 0.3) is 10.4 Å². The monoisotopic (exact) mass is 495 g/mol. The third kappa shape index (κ3) is 5.42. The number of hydrogen-bond donors (Lipinski definition) is 3. The highest BCUT2D eigenvalue weighted by Gasteiger charge is 2.53. The predicted octanol–water partition coefficient (Wildman–Crippen LogP) is 5.31. The topological polar surface area (TPSA) is 113 Å². The van der Waals surface area contributed by atoms with Crippen LogP contribution in [0.2, 0.25) is 5.02 Å². The Morgan fingerprint density at radius 2 is 1.81 bits per heavy atom. The molecule has 0 bridgehead atoms. The van der Waals surface area contributed by atoms with Gasteiger partial charge in [-0.3, -0.25) is 0 Å². The van der Waals surface area contributed by atoms with Gasteiger partial charge in [-0.1, -0.05) is 48.9 Å². The minimum Gasteiger partial charge on any atom is -0.495 e. The highest BCUT2D eigenvalue weighted by atomic mass is 35.5. The van der Waals surface area contributed by atoms with E-state index >= 15 is 0 Å². The van der Waals surface area contributed by atoms with E-state index in [1.807, 2.05) is 36.4 Å². The first-order valence-electron chi connectivity index (χ1n) is 9.50. The summed E-state index contributed by atoms with van der Waals surface area (Å²) in [6, 6.07) is 18.8. The van der Waals surface area contributed by atoms with Crippen LogP contribution in [0.1, 0.15) is 18.9 Å². The van der Waals surface area contributed by atoms with E-state index in [9.17, 15) is 8.42 Å². The summed E-state index contributed by atoms with van der Waals surface area (Å²) in [7, 11) is -2.02. The first-order chi connectivity index (χ1) is 15.1. The van der Waals surface area contributed by atoms with Gasteiger partial charge < -0.3 is 14.9 Å². The lowest BCUT2D eigenvalue weighted by Gasteiger charge is -2.12. The van der Waals surface area contributed by atoms with E-state index in [1.165, 1.54) is 11.3 Å². The van der Waals surface area contributed by atoms with Gasteiger partial charge in [0.15, 0.2) is 0 Å². The van der Waals surface area contributed by atoms with Gasteiger partial charge in [0.2, 0.25) is 10.0 Å². The number of thiophene rings is 1. The van der Waals surface area contributed by atoms with Crippen molar-refractivity contribution in [3.05, 3.63) is 71.2 Å². The Morgan fingerprint density at radius 1 is 1.16 bits per heavy atom. The van der Waals surface area contributed by atoms with E-state index in [-0.39, 0.29) is 11.5 Å². The molecule has 10 heteroatoms. The minimum atomic E-state index is -3.58. The summed E-state index contributed by atoms with van der Waals surface area (Å²) in [6.45, 7) is 2.09. The van der Waals surface area contributed by atoms with Crippen molar-refractivity contribution in [2.75, 3.05) is 7.11 Å². The average Bonchev–Trinajstić information content (AvgIpc) is 3.15. The third-order valence-electron chi connectivity index (χ3n) is 5.25. The molecule has 1 aliphatic rings. The van der Waals surface area contributed by atoms with Crippen molar-refractivity contribution >= 4 is 39.1 Å². The highest BCUT2D eigenvalue weighted by Crippen LogP contribution is 2.48. The Labute approximate surface area is 195 Å². The molecule has 2 aromatic carbocycles. The zero-order valence-corrected chi connectivity index (χ0v) is 19.7. The van der Waals surface area contributed by atoms with Crippen molar-refractivity contribution < 1.29 is 28.2 Å². The number of hydrogen-bond acceptors (Lipinski definition) is 5. The number of rotatable bonds is 6. The number of ether oxygens (including phenoxy) is 1. The van der Waals surface area contributed by atoms with Crippen LogP contribution < -0.4 is 9.46 Å². The Hall–Kier alpha value is -2.59. The van der Waals surface area contributed by atoms with Crippen LogP contribution in [-0.4, -0.2) is 37.9 Å². The maximum absolute atomic E-state index is 12.9. The van der Waals surface area contributed by atoms with E-state index < -0.39 is 16.2 Å². The van der Waals surface area contributed by atoms with Crippen LogP contribution in [-0.2, 0) is 15.4 Å². The number of carboxylic acid groups (broad SMARTS) is 2. The van der Waals surface area contributed by atoms with Crippen molar-refractivity contribution in [2.45, 2.75) is 29.0 Å². The second-order valence-corrected chi connectivity index (χ2v) is 10.8. The Kier molecular flexibility index (Phi) is 7.14. The van der Waals surface area contributed by atoms with Gasteiger partial charge in [0.1, 0.15) is 9.96 Å². The van der Waals surface area contributed by atoms with Crippen LogP contribution in [0.5, 0.6) is 5.75 Å². The largest absolute Gasteiger partial charge is 0.503 e. The molecule has 1 aromatic heterocycles. The van der Waals surface area contributed by atoms with Crippen molar-refractivity contribution in [1.29, 1.82) is 0 Å². The third-order valence-corrected chi connectivity index (χ3v) is 8.64. The van der Waals surface area contributed by atoms with Crippen molar-refractivity contribution in [3.8, 4) is 16.2 Å². The molecule has 1 heterocycles. The Morgan fingerprint density at radius 3 is 2.41 bits per heavy atom. The zero-order chi connectivity index (χ0) is 23.5. The standard InChI is InChI=1S/C21H20ClNO3S2.CH2O3/c1-21(15-6-4-3-5-7-15)13-19(21)23-28(24,25)20-11-10-18(27-20)14-8-9-17(26-2)16(22)12-14;2-1(3)4/h3-12,19,23H,13H2,1-2H3;(H2,2,3,4)/t19-,21+;/m0./s1. The molecule has 3 aromatic rings. The van der Waals surface area contributed by atoms with Crippen LogP contribution in [0.3, 0.4) is 0 Å². The first kappa shape index (κ1) is 24.1. The molecule has 0 radical (unpaired) electrons. The molecular formula is C22H22ClNO6S2. The molecule has 3 N–H and O–H groups in total. The summed E-state index contributed by atoms with van der Waals surface area (Å²) in [5.74, 6) is 0.588. The number of halogens is 1. The van der Waals surface area contributed by atoms with E-state index in [4.69, 9.17) is 31.3 Å². The Bertz CT molecular complexity index is 1210. The summed E-state index contributed by atoms with van der Waals surface area (Å²) in [5.41, 5.74) is 1.86. The average molecular weight is 496 g/mol. The molecule has 1 aliphatic carbocycles. The van der Waals surface area contributed by atoms with E-state index in [2.05, 4.69) is 11.6 Å². The first-order valence-corrected chi connectivity index (χ1v) is 12.2. The summed E-state index contributed by atoms with van der Waals surface area (Å²) < 4.78 is 34.1. The van der Waals surface area contributed by atoms with Crippen LogP contribution in [0.15, 0.2) is 64.9 Å². The van der Waals surface area contributed by atoms with Gasteiger partial charge in [-0.25, -0.2) is 17.9 Å². The molecule has 0 saturated heterocycles. The second kappa shape index (κ2) is 9.50.